The highest BCUT2D eigenvalue weighted by Gasteiger charge is 2.20. The second-order valence-electron chi connectivity index (χ2n) is 4.38. The highest BCUT2D eigenvalue weighted by Crippen LogP contribution is 2.26. The molecule has 1 aromatic rings. The van der Waals surface area contributed by atoms with Crippen LogP contribution in [0.25, 0.3) is 0 Å². The van der Waals surface area contributed by atoms with Gasteiger partial charge in [0, 0.05) is 17.2 Å². The summed E-state index contributed by atoms with van der Waals surface area (Å²) in [7, 11) is 0.966. The Morgan fingerprint density at radius 2 is 2.05 bits per heavy atom. The fourth-order valence-corrected chi connectivity index (χ4v) is 2.39. The first-order chi connectivity index (χ1) is 9.62. The van der Waals surface area contributed by atoms with Crippen molar-refractivity contribution in [3.05, 3.63) is 28.5 Å². The van der Waals surface area contributed by atoms with Gasteiger partial charge in [-0.2, -0.15) is 0 Å². The number of amides is 1. The summed E-state index contributed by atoms with van der Waals surface area (Å²) >= 11 is 5.67. The summed E-state index contributed by atoms with van der Waals surface area (Å²) in [5.41, 5.74) is -0.305. The molecule has 0 unspecified atom stereocenters. The topological polar surface area (TPSA) is 72.5 Å². The third-order valence-electron chi connectivity index (χ3n) is 2.37. The van der Waals surface area contributed by atoms with Gasteiger partial charge in [0.1, 0.15) is 5.82 Å². The molecule has 1 rings (SSSR count). The molecule has 0 aromatic heterocycles. The molecule has 118 valence electrons. The van der Waals surface area contributed by atoms with Crippen molar-refractivity contribution >= 4 is 37.2 Å². The number of halogens is 3. The number of benzene rings is 1. The van der Waals surface area contributed by atoms with Crippen molar-refractivity contribution in [2.24, 2.45) is 0 Å². The number of hydrogen-bond acceptors (Lipinski definition) is 4. The molecule has 0 fully saturated rings. The van der Waals surface area contributed by atoms with E-state index in [0.29, 0.717) is 6.07 Å². The summed E-state index contributed by atoms with van der Waals surface area (Å²) in [5, 5.41) is 1.98. The smallest absolute Gasteiger partial charge is 0.261 e. The molecule has 0 aliphatic carbocycles. The summed E-state index contributed by atoms with van der Waals surface area (Å²) in [6.07, 6.45) is 0.00709. The van der Waals surface area contributed by atoms with Gasteiger partial charge in [-0.15, -0.1) is 0 Å². The zero-order valence-electron chi connectivity index (χ0n) is 11.3. The Bertz CT molecular complexity index is 634. The van der Waals surface area contributed by atoms with Crippen molar-refractivity contribution in [1.29, 1.82) is 0 Å². The van der Waals surface area contributed by atoms with Crippen LogP contribution in [-0.2, 0) is 13.8 Å². The maximum absolute atomic E-state index is 13.6. The first-order valence-electron chi connectivity index (χ1n) is 5.96. The van der Waals surface area contributed by atoms with E-state index < -0.39 is 30.7 Å². The van der Waals surface area contributed by atoms with Crippen LogP contribution in [0, 0.1) is 5.82 Å². The van der Waals surface area contributed by atoms with Gasteiger partial charge in [0.25, 0.3) is 15.0 Å². The molecule has 0 bridgehead atoms. The van der Waals surface area contributed by atoms with Gasteiger partial charge in [-0.05, 0) is 26.0 Å². The minimum absolute atomic E-state index is 0.00709. The molecule has 0 heterocycles. The molecule has 0 saturated heterocycles. The Balaban J connectivity index is 2.91. The molecule has 21 heavy (non-hydrogen) atoms. The number of nitrogens with one attached hydrogen (secondary N) is 1. The lowest BCUT2D eigenvalue weighted by atomic mass is 10.2. The molecular weight excluding hydrogens is 344 g/mol. The third-order valence-corrected chi connectivity index (χ3v) is 4.08. The normalized spacial score (nSPS) is 11.7. The highest BCUT2D eigenvalue weighted by molar-refractivity contribution is 8.13. The van der Waals surface area contributed by atoms with Crippen molar-refractivity contribution in [3.63, 3.8) is 0 Å². The predicted octanol–water partition coefficient (Wildman–Crippen LogP) is 2.56. The van der Waals surface area contributed by atoms with E-state index >= 15 is 0 Å². The van der Waals surface area contributed by atoms with Crippen molar-refractivity contribution in [3.8, 4) is 0 Å². The minimum Gasteiger partial charge on any atom is -0.377 e. The van der Waals surface area contributed by atoms with E-state index in [9.17, 15) is 17.6 Å². The van der Waals surface area contributed by atoms with Crippen molar-refractivity contribution in [2.75, 3.05) is 13.2 Å². The van der Waals surface area contributed by atoms with Crippen LogP contribution in [0.1, 0.15) is 24.2 Å². The summed E-state index contributed by atoms with van der Waals surface area (Å²) in [6, 6.07) is 1.58. The van der Waals surface area contributed by atoms with E-state index in [0.717, 1.165) is 6.07 Å². The lowest BCUT2D eigenvalue weighted by Crippen LogP contribution is -2.28. The van der Waals surface area contributed by atoms with Gasteiger partial charge in [0.05, 0.1) is 28.2 Å². The lowest BCUT2D eigenvalue weighted by Gasteiger charge is -2.10. The first-order valence-corrected chi connectivity index (χ1v) is 8.65. The van der Waals surface area contributed by atoms with Crippen LogP contribution < -0.4 is 5.32 Å². The Hall–Kier alpha value is -0.890. The SMILES string of the molecule is CC(C)OCCNC(=O)c1cc(S(=O)(=O)Cl)cc(F)c1Cl. The van der Waals surface area contributed by atoms with Crippen molar-refractivity contribution < 1.29 is 22.3 Å². The van der Waals surface area contributed by atoms with Crippen molar-refractivity contribution in [1.82, 2.24) is 5.32 Å². The lowest BCUT2D eigenvalue weighted by molar-refractivity contribution is 0.0746. The number of hydrogen-bond donors (Lipinski definition) is 1. The van der Waals surface area contributed by atoms with E-state index in [-0.39, 0.29) is 24.8 Å². The maximum Gasteiger partial charge on any atom is 0.261 e. The average molecular weight is 358 g/mol. The Morgan fingerprint density at radius 3 is 2.57 bits per heavy atom. The van der Waals surface area contributed by atoms with E-state index in [4.69, 9.17) is 27.0 Å². The van der Waals surface area contributed by atoms with Crippen LogP contribution >= 0.6 is 22.3 Å². The molecule has 0 radical (unpaired) electrons. The standard InChI is InChI=1S/C12H14Cl2FNO4S/c1-7(2)20-4-3-16-12(17)9-5-8(21(14,18)19)6-10(15)11(9)13/h5-7H,3-4H2,1-2H3,(H,16,17). The van der Waals surface area contributed by atoms with E-state index in [1.54, 1.807) is 0 Å². The molecule has 1 amide bonds. The first kappa shape index (κ1) is 18.2. The molecule has 9 heteroatoms. The second-order valence-corrected chi connectivity index (χ2v) is 7.32. The van der Waals surface area contributed by atoms with Gasteiger partial charge in [0.2, 0.25) is 0 Å². The van der Waals surface area contributed by atoms with Gasteiger partial charge in [-0.25, -0.2) is 12.8 Å². The Labute approximate surface area is 131 Å². The fourth-order valence-electron chi connectivity index (χ4n) is 1.42. The van der Waals surface area contributed by atoms with Crippen LogP contribution in [0.3, 0.4) is 0 Å². The Morgan fingerprint density at radius 1 is 1.43 bits per heavy atom. The van der Waals surface area contributed by atoms with E-state index in [1.165, 1.54) is 0 Å². The monoisotopic (exact) mass is 357 g/mol. The minimum atomic E-state index is -4.17. The van der Waals surface area contributed by atoms with Crippen LogP contribution in [-0.4, -0.2) is 33.6 Å². The van der Waals surface area contributed by atoms with E-state index in [2.05, 4.69) is 5.32 Å². The average Bonchev–Trinajstić information content (AvgIpc) is 2.35. The molecule has 1 N–H and O–H groups in total. The van der Waals surface area contributed by atoms with Gasteiger partial charge >= 0.3 is 0 Å². The predicted molar refractivity (Wildman–Crippen MR) is 77.9 cm³/mol. The molecule has 0 spiro atoms. The maximum atomic E-state index is 13.6. The zero-order chi connectivity index (χ0) is 16.2. The molecular formula is C12H14Cl2FNO4S. The molecule has 5 nitrogen and oxygen atoms in total. The largest absolute Gasteiger partial charge is 0.377 e. The Kier molecular flexibility index (Phi) is 6.40. The van der Waals surface area contributed by atoms with Gasteiger partial charge < -0.3 is 10.1 Å². The van der Waals surface area contributed by atoms with Crippen LogP contribution in [0.4, 0.5) is 4.39 Å². The quantitative estimate of drug-likeness (QED) is 0.627. The summed E-state index contributed by atoms with van der Waals surface area (Å²) in [5.74, 6) is -1.75. The van der Waals surface area contributed by atoms with Crippen molar-refractivity contribution in [2.45, 2.75) is 24.8 Å². The molecule has 0 aliphatic heterocycles. The molecule has 1 aromatic carbocycles. The number of carbonyl (C=O) groups excluding carboxylic acids is 1. The summed E-state index contributed by atoms with van der Waals surface area (Å²) in [6.45, 7) is 4.11. The zero-order valence-corrected chi connectivity index (χ0v) is 13.6. The third kappa shape index (κ3) is 5.43. The highest BCUT2D eigenvalue weighted by atomic mass is 35.7. The summed E-state index contributed by atoms with van der Waals surface area (Å²) in [4.78, 5) is 11.4. The van der Waals surface area contributed by atoms with Gasteiger partial charge in [-0.1, -0.05) is 11.6 Å². The van der Waals surface area contributed by atoms with Crippen LogP contribution in [0.5, 0.6) is 0 Å². The molecule has 0 atom stereocenters. The van der Waals surface area contributed by atoms with E-state index in [1.807, 2.05) is 13.8 Å². The number of rotatable bonds is 6. The van der Waals surface area contributed by atoms with Crippen LogP contribution in [0.15, 0.2) is 17.0 Å². The molecule has 0 aliphatic rings. The fraction of sp³-hybridized carbons (Fsp3) is 0.417. The van der Waals surface area contributed by atoms with Crippen LogP contribution in [0.2, 0.25) is 5.02 Å². The number of ether oxygens (including phenoxy) is 1. The van der Waals surface area contributed by atoms with Gasteiger partial charge in [0.15, 0.2) is 0 Å². The summed E-state index contributed by atoms with van der Waals surface area (Å²) < 4.78 is 41.2. The second kappa shape index (κ2) is 7.40. The molecule has 0 saturated carbocycles. The van der Waals surface area contributed by atoms with Gasteiger partial charge in [-0.3, -0.25) is 4.79 Å². The number of carbonyl (C=O) groups is 1.